The Bertz CT molecular complexity index is 1100. The van der Waals surface area contributed by atoms with Crippen LogP contribution in [0, 0.1) is 47.3 Å². The highest BCUT2D eigenvalue weighted by atomic mass is 16.6. The normalized spacial score (nSPS) is 48.7. The quantitative estimate of drug-likeness (QED) is 0.378. The van der Waals surface area contributed by atoms with E-state index in [2.05, 4.69) is 24.5 Å². The summed E-state index contributed by atoms with van der Waals surface area (Å²) >= 11 is 0. The van der Waals surface area contributed by atoms with Gasteiger partial charge in [-0.1, -0.05) is 19.1 Å². The zero-order valence-corrected chi connectivity index (χ0v) is 22.5. The molecule has 38 heavy (non-hydrogen) atoms. The Balaban J connectivity index is 1.35. The number of carbonyl (C=O) groups is 3. The summed E-state index contributed by atoms with van der Waals surface area (Å²) in [5.74, 6) is 2.01. The van der Waals surface area contributed by atoms with Crippen LogP contribution in [0.4, 0.5) is 0 Å². The van der Waals surface area contributed by atoms with Crippen LogP contribution >= 0.6 is 0 Å². The van der Waals surface area contributed by atoms with Crippen LogP contribution in [0.5, 0.6) is 0 Å². The molecule has 0 spiro atoms. The van der Waals surface area contributed by atoms with Crippen LogP contribution in [0.1, 0.15) is 46.0 Å². The second-order valence-corrected chi connectivity index (χ2v) is 12.4. The molecular weight excluding hydrogens is 484 g/mol. The Labute approximate surface area is 224 Å². The van der Waals surface area contributed by atoms with Crippen molar-refractivity contribution < 1.29 is 29.0 Å². The minimum absolute atomic E-state index is 0.134. The smallest absolute Gasteiger partial charge is 0.259 e. The first kappa shape index (κ1) is 25.8. The molecule has 0 aromatic carbocycles. The molecule has 3 saturated carbocycles. The van der Waals surface area contributed by atoms with E-state index in [0.29, 0.717) is 54.9 Å². The van der Waals surface area contributed by atoms with Crippen molar-refractivity contribution in [2.45, 2.75) is 70.3 Å². The van der Waals surface area contributed by atoms with E-state index in [-0.39, 0.29) is 53.2 Å². The van der Waals surface area contributed by atoms with Crippen LogP contribution in [0.2, 0.25) is 0 Å². The van der Waals surface area contributed by atoms with Gasteiger partial charge in [-0.2, -0.15) is 0 Å². The van der Waals surface area contributed by atoms with Gasteiger partial charge < -0.3 is 25.2 Å². The molecule has 6 aliphatic rings. The van der Waals surface area contributed by atoms with Gasteiger partial charge in [0.15, 0.2) is 5.78 Å². The van der Waals surface area contributed by atoms with Crippen molar-refractivity contribution in [1.29, 1.82) is 0 Å². The second kappa shape index (κ2) is 9.94. The van der Waals surface area contributed by atoms with E-state index in [0.717, 1.165) is 19.3 Å². The Morgan fingerprint density at radius 3 is 2.63 bits per heavy atom. The average Bonchev–Trinajstić information content (AvgIpc) is 3.60. The molecule has 2 amide bonds. The summed E-state index contributed by atoms with van der Waals surface area (Å²) < 4.78 is 12.3. The van der Waals surface area contributed by atoms with Crippen molar-refractivity contribution >= 4 is 17.6 Å². The number of amides is 2. The summed E-state index contributed by atoms with van der Waals surface area (Å²) in [4.78, 5) is 37.9. The molecule has 3 aliphatic heterocycles. The van der Waals surface area contributed by atoms with Gasteiger partial charge in [0, 0.05) is 13.7 Å². The lowest BCUT2D eigenvalue weighted by atomic mass is 9.45. The fourth-order valence-corrected chi connectivity index (χ4v) is 9.00. The molecule has 0 aromatic heterocycles. The number of ketones is 1. The van der Waals surface area contributed by atoms with Crippen molar-refractivity contribution in [3.63, 3.8) is 0 Å². The lowest BCUT2D eigenvalue weighted by molar-refractivity contribution is -0.118. The molecule has 5 fully saturated rings. The summed E-state index contributed by atoms with van der Waals surface area (Å²) in [6.45, 7) is 4.96. The molecule has 2 saturated heterocycles. The lowest BCUT2D eigenvalue weighted by Crippen LogP contribution is -2.57. The average molecular weight is 525 g/mol. The highest BCUT2D eigenvalue weighted by Gasteiger charge is 2.68. The predicted molar refractivity (Wildman–Crippen MR) is 140 cm³/mol. The maximum Gasteiger partial charge on any atom is 0.259 e. The molecule has 8 heteroatoms. The van der Waals surface area contributed by atoms with E-state index < -0.39 is 11.9 Å². The topological polar surface area (TPSA) is 117 Å². The van der Waals surface area contributed by atoms with E-state index in [1.165, 1.54) is 0 Å². The summed E-state index contributed by atoms with van der Waals surface area (Å²) in [5, 5.41) is 16.5. The van der Waals surface area contributed by atoms with Gasteiger partial charge in [0.05, 0.1) is 24.4 Å². The van der Waals surface area contributed by atoms with Gasteiger partial charge in [-0.3, -0.25) is 14.4 Å². The summed E-state index contributed by atoms with van der Waals surface area (Å²) in [6.07, 6.45) is 11.7. The van der Waals surface area contributed by atoms with Gasteiger partial charge in [0.25, 0.3) is 5.91 Å². The van der Waals surface area contributed by atoms with Gasteiger partial charge in [0.2, 0.25) is 5.91 Å². The Morgan fingerprint density at radius 1 is 1.08 bits per heavy atom. The molecular formula is C30H40N2O6. The minimum atomic E-state index is -0.666. The molecule has 0 aromatic rings. The fraction of sp³-hybridized carbons (Fsp3) is 0.700. The van der Waals surface area contributed by atoms with Crippen LogP contribution in [-0.4, -0.2) is 60.7 Å². The molecule has 206 valence electrons. The van der Waals surface area contributed by atoms with E-state index in [4.69, 9.17) is 9.47 Å². The monoisotopic (exact) mass is 524 g/mol. The first-order valence-electron chi connectivity index (χ1n) is 14.4. The number of epoxide rings is 1. The summed E-state index contributed by atoms with van der Waals surface area (Å²) in [5.41, 5.74) is -0.153. The number of fused-ring (bicyclic) bond motifs is 7. The third kappa shape index (κ3) is 4.24. The zero-order chi connectivity index (χ0) is 26.7. The number of carbonyl (C=O) groups excluding carboxylic acids is 3. The van der Waals surface area contributed by atoms with E-state index in [1.807, 2.05) is 12.2 Å². The third-order valence-corrected chi connectivity index (χ3v) is 10.6. The Morgan fingerprint density at radius 2 is 1.84 bits per heavy atom. The molecule has 3 N–H and O–H groups in total. The van der Waals surface area contributed by atoms with Crippen molar-refractivity contribution in [3.05, 3.63) is 35.6 Å². The lowest BCUT2D eigenvalue weighted by Gasteiger charge is -2.58. The van der Waals surface area contributed by atoms with E-state index in [1.54, 1.807) is 19.3 Å². The number of nitrogens with one attached hydrogen (secondary N) is 2. The van der Waals surface area contributed by atoms with Gasteiger partial charge in [-0.05, 0) is 98.5 Å². The van der Waals surface area contributed by atoms with Crippen molar-refractivity contribution in [2.75, 3.05) is 13.7 Å². The number of Topliss-reactive ketones (excluding diaryl/α,β-unsaturated/α-hetero) is 1. The minimum Gasteiger partial charge on any atom is -0.507 e. The number of ether oxygens (including phenoxy) is 2. The molecule has 6 bridgehead atoms. The van der Waals surface area contributed by atoms with Crippen LogP contribution in [0.15, 0.2) is 35.6 Å². The van der Waals surface area contributed by atoms with Crippen LogP contribution in [0.25, 0.3) is 0 Å². The number of allylic oxidation sites excluding steroid dienone is 3. The first-order chi connectivity index (χ1) is 18.3. The molecule has 8 nitrogen and oxygen atoms in total. The van der Waals surface area contributed by atoms with Gasteiger partial charge >= 0.3 is 0 Å². The first-order valence-corrected chi connectivity index (χ1v) is 14.4. The number of hydrogen-bond donors (Lipinski definition) is 3. The van der Waals surface area contributed by atoms with Crippen molar-refractivity contribution in [1.82, 2.24) is 10.6 Å². The Hall–Kier alpha value is -2.45. The largest absolute Gasteiger partial charge is 0.507 e. The Kier molecular flexibility index (Phi) is 6.75. The second-order valence-electron chi connectivity index (χ2n) is 12.4. The maximum absolute atomic E-state index is 12.9. The molecule has 3 aliphatic carbocycles. The van der Waals surface area contributed by atoms with Gasteiger partial charge in [-0.25, -0.2) is 0 Å². The van der Waals surface area contributed by atoms with Gasteiger partial charge in [0.1, 0.15) is 11.3 Å². The fourth-order valence-electron chi connectivity index (χ4n) is 9.00. The molecule has 0 radical (unpaired) electrons. The standard InChI is InChI=1S/C30H40N2O6/c1-14-12-18-19-13-16-9-10-21(33)26-27(35)20(32-30(26)36)7-5-11-31-22(34)8-4-6-17(16)24(18)28-29(38-28)25(19)23(14)15(2)37-3/h4,8-10,14-20,23-25,28-29,33H,5-7,11-13H2,1-3H3,(H,31,34)(H,32,36)/b8-4-,10-9-,26-21-/t14?,15?,16-,17+,18?,19+,20+,23+,24?,25-,28?,29?/m1/s1. The predicted octanol–water partition coefficient (Wildman–Crippen LogP) is 2.85. The molecule has 6 unspecified atom stereocenters. The third-order valence-electron chi connectivity index (χ3n) is 10.6. The van der Waals surface area contributed by atoms with E-state index >= 15 is 0 Å². The number of aliphatic hydroxyl groups is 1. The maximum atomic E-state index is 12.9. The van der Waals surface area contributed by atoms with Crippen LogP contribution in [0.3, 0.4) is 0 Å². The van der Waals surface area contributed by atoms with Crippen molar-refractivity contribution in [2.24, 2.45) is 47.3 Å². The number of rotatable bonds is 2. The van der Waals surface area contributed by atoms with Gasteiger partial charge in [-0.15, -0.1) is 0 Å². The molecule has 6 rings (SSSR count). The number of methoxy groups -OCH3 is 1. The zero-order valence-electron chi connectivity index (χ0n) is 22.5. The highest BCUT2D eigenvalue weighted by Crippen LogP contribution is 2.66. The number of aliphatic hydroxyl groups excluding tert-OH is 1. The SMILES string of the molecule is COC(C)[C@@H]1C(C)CC2C3C4OC4[C@@H]1[C@H]2C[C@H]1/C=C\C(O)=C2\C(=O)N[C@@H](CCCNC(=O)/C=C\C[C@H]31)C2=O. The van der Waals surface area contributed by atoms with Crippen LogP contribution < -0.4 is 10.6 Å². The highest BCUT2D eigenvalue weighted by molar-refractivity contribution is 6.27. The van der Waals surface area contributed by atoms with Crippen molar-refractivity contribution in [3.8, 4) is 0 Å². The summed E-state index contributed by atoms with van der Waals surface area (Å²) in [6, 6.07) is -0.666. The number of hydrogen-bond acceptors (Lipinski definition) is 6. The molecule has 12 atom stereocenters. The van der Waals surface area contributed by atoms with Crippen LogP contribution in [-0.2, 0) is 23.9 Å². The van der Waals surface area contributed by atoms with E-state index in [9.17, 15) is 19.5 Å². The summed E-state index contributed by atoms with van der Waals surface area (Å²) in [7, 11) is 1.80. The molecule has 3 heterocycles.